The summed E-state index contributed by atoms with van der Waals surface area (Å²) in [5.41, 5.74) is 2.68. The van der Waals surface area contributed by atoms with E-state index in [4.69, 9.17) is 11.6 Å². The number of benzene rings is 2. The highest BCUT2D eigenvalue weighted by Crippen LogP contribution is 2.31. The summed E-state index contributed by atoms with van der Waals surface area (Å²) in [5.74, 6) is 0.0762. The molecular formula is C20H23ClN2O2S. The Labute approximate surface area is 159 Å². The molecule has 4 nitrogen and oxygen atoms in total. The third-order valence-electron chi connectivity index (χ3n) is 4.61. The molecule has 2 aromatic carbocycles. The van der Waals surface area contributed by atoms with Crippen molar-refractivity contribution in [2.24, 2.45) is 0 Å². The first-order valence-corrected chi connectivity index (χ1v) is 10.6. The van der Waals surface area contributed by atoms with Crippen LogP contribution < -0.4 is 4.72 Å². The van der Waals surface area contributed by atoms with Gasteiger partial charge in [0.25, 0.3) is 0 Å². The maximum atomic E-state index is 12.4. The molecule has 0 atom stereocenters. The van der Waals surface area contributed by atoms with E-state index >= 15 is 0 Å². The van der Waals surface area contributed by atoms with Crippen LogP contribution in [0.25, 0.3) is 10.9 Å². The van der Waals surface area contributed by atoms with Crippen molar-refractivity contribution in [1.29, 1.82) is 0 Å². The number of hydrogen-bond donors (Lipinski definition) is 2. The Morgan fingerprint density at radius 3 is 2.58 bits per heavy atom. The number of hydrogen-bond acceptors (Lipinski definition) is 2. The van der Waals surface area contributed by atoms with Crippen LogP contribution in [0, 0.1) is 0 Å². The van der Waals surface area contributed by atoms with Gasteiger partial charge in [0, 0.05) is 34.1 Å². The quantitative estimate of drug-likeness (QED) is 0.633. The van der Waals surface area contributed by atoms with Gasteiger partial charge in [0.05, 0.1) is 5.75 Å². The lowest BCUT2D eigenvalue weighted by molar-refractivity contribution is 0.504. The lowest BCUT2D eigenvalue weighted by atomic mass is 9.85. The van der Waals surface area contributed by atoms with Gasteiger partial charge in [0.15, 0.2) is 0 Å². The summed E-state index contributed by atoms with van der Waals surface area (Å²) in [6.07, 6.45) is 2.43. The van der Waals surface area contributed by atoms with Crippen LogP contribution in [0.1, 0.15) is 25.0 Å². The highest BCUT2D eigenvalue weighted by atomic mass is 35.5. The van der Waals surface area contributed by atoms with Crippen molar-refractivity contribution in [3.05, 3.63) is 70.9 Å². The summed E-state index contributed by atoms with van der Waals surface area (Å²) in [6, 6.07) is 15.3. The number of fused-ring (bicyclic) bond motifs is 1. The standard InChI is InChI=1S/C20H23ClN2O2S/c1-20(2,18-13-22-19-9-8-16(21)12-17(18)19)14-23-26(24,25)11-10-15-6-4-3-5-7-15/h3-9,12-13,22-23H,10-11,14H2,1-2H3. The van der Waals surface area contributed by atoms with E-state index in [1.165, 1.54) is 0 Å². The van der Waals surface area contributed by atoms with Gasteiger partial charge in [-0.05, 0) is 35.7 Å². The summed E-state index contributed by atoms with van der Waals surface area (Å²) in [7, 11) is -3.35. The minimum atomic E-state index is -3.35. The van der Waals surface area contributed by atoms with Gasteiger partial charge < -0.3 is 4.98 Å². The lowest BCUT2D eigenvalue weighted by Gasteiger charge is -2.25. The summed E-state index contributed by atoms with van der Waals surface area (Å²) >= 11 is 6.12. The Morgan fingerprint density at radius 1 is 1.12 bits per heavy atom. The Morgan fingerprint density at radius 2 is 1.85 bits per heavy atom. The van der Waals surface area contributed by atoms with Crippen LogP contribution >= 0.6 is 11.6 Å². The van der Waals surface area contributed by atoms with Gasteiger partial charge in [0.2, 0.25) is 10.0 Å². The van der Waals surface area contributed by atoms with E-state index in [1.807, 2.05) is 68.6 Å². The number of halogens is 1. The lowest BCUT2D eigenvalue weighted by Crippen LogP contribution is -2.38. The second kappa shape index (κ2) is 7.43. The van der Waals surface area contributed by atoms with Gasteiger partial charge in [0.1, 0.15) is 0 Å². The van der Waals surface area contributed by atoms with E-state index in [1.54, 1.807) is 0 Å². The Kier molecular flexibility index (Phi) is 5.42. The number of nitrogens with one attached hydrogen (secondary N) is 2. The van der Waals surface area contributed by atoms with Crippen molar-refractivity contribution in [2.75, 3.05) is 12.3 Å². The average molecular weight is 391 g/mol. The average Bonchev–Trinajstić information content (AvgIpc) is 3.03. The van der Waals surface area contributed by atoms with Gasteiger partial charge in [-0.1, -0.05) is 55.8 Å². The molecule has 1 heterocycles. The zero-order chi connectivity index (χ0) is 18.8. The van der Waals surface area contributed by atoms with Crippen LogP contribution in [0.4, 0.5) is 0 Å². The van der Waals surface area contributed by atoms with Crippen molar-refractivity contribution < 1.29 is 8.42 Å². The van der Waals surface area contributed by atoms with Gasteiger partial charge in [-0.2, -0.15) is 0 Å². The molecule has 0 aliphatic carbocycles. The molecule has 1 aromatic heterocycles. The fourth-order valence-electron chi connectivity index (χ4n) is 3.01. The number of aromatic nitrogens is 1. The van der Waals surface area contributed by atoms with Crippen LogP contribution in [-0.2, 0) is 21.9 Å². The number of rotatable bonds is 7. The second-order valence-corrected chi connectivity index (χ2v) is 9.51. The molecule has 0 saturated heterocycles. The van der Waals surface area contributed by atoms with Gasteiger partial charge >= 0.3 is 0 Å². The normalized spacial score (nSPS) is 12.6. The number of sulfonamides is 1. The predicted molar refractivity (Wildman–Crippen MR) is 108 cm³/mol. The van der Waals surface area contributed by atoms with Crippen LogP contribution in [0.2, 0.25) is 5.02 Å². The molecular weight excluding hydrogens is 368 g/mol. The molecule has 6 heteroatoms. The molecule has 0 fully saturated rings. The highest BCUT2D eigenvalue weighted by Gasteiger charge is 2.26. The monoisotopic (exact) mass is 390 g/mol. The molecule has 26 heavy (non-hydrogen) atoms. The van der Waals surface area contributed by atoms with Crippen LogP contribution in [0.5, 0.6) is 0 Å². The third kappa shape index (κ3) is 4.47. The maximum Gasteiger partial charge on any atom is 0.211 e. The van der Waals surface area contributed by atoms with Gasteiger partial charge in [-0.3, -0.25) is 0 Å². The zero-order valence-electron chi connectivity index (χ0n) is 14.9. The molecule has 138 valence electrons. The molecule has 0 aliphatic heterocycles. The Hall–Kier alpha value is -1.82. The van der Waals surface area contributed by atoms with E-state index < -0.39 is 10.0 Å². The van der Waals surface area contributed by atoms with E-state index in [9.17, 15) is 8.42 Å². The first-order chi connectivity index (χ1) is 12.3. The van der Waals surface area contributed by atoms with Crippen LogP contribution in [0.15, 0.2) is 54.7 Å². The summed E-state index contributed by atoms with van der Waals surface area (Å²) < 4.78 is 27.6. The fraction of sp³-hybridized carbons (Fsp3) is 0.300. The fourth-order valence-corrected chi connectivity index (χ4v) is 4.41. The molecule has 0 amide bonds. The Balaban J connectivity index is 1.69. The second-order valence-electron chi connectivity index (χ2n) is 7.15. The third-order valence-corrected chi connectivity index (χ3v) is 6.17. The summed E-state index contributed by atoms with van der Waals surface area (Å²) in [5, 5.41) is 1.68. The molecule has 0 aliphatic rings. The molecule has 0 unspecified atom stereocenters. The van der Waals surface area contributed by atoms with Gasteiger partial charge in [-0.15, -0.1) is 0 Å². The number of aromatic amines is 1. The van der Waals surface area contributed by atoms with E-state index in [2.05, 4.69) is 9.71 Å². The maximum absolute atomic E-state index is 12.4. The molecule has 3 aromatic rings. The largest absolute Gasteiger partial charge is 0.361 e. The van der Waals surface area contributed by atoms with Crippen molar-refractivity contribution in [2.45, 2.75) is 25.7 Å². The van der Waals surface area contributed by atoms with Crippen LogP contribution in [0.3, 0.4) is 0 Å². The van der Waals surface area contributed by atoms with E-state index in [-0.39, 0.29) is 11.2 Å². The van der Waals surface area contributed by atoms with E-state index in [0.29, 0.717) is 18.0 Å². The SMILES string of the molecule is CC(C)(CNS(=O)(=O)CCc1ccccc1)c1c[nH]c2ccc(Cl)cc12. The molecule has 0 bridgehead atoms. The molecule has 3 rings (SSSR count). The first-order valence-electron chi connectivity index (χ1n) is 8.55. The molecule has 0 radical (unpaired) electrons. The van der Waals surface area contributed by atoms with Crippen molar-refractivity contribution in [1.82, 2.24) is 9.71 Å². The minimum absolute atomic E-state index is 0.0762. The van der Waals surface area contributed by atoms with Crippen LogP contribution in [-0.4, -0.2) is 25.7 Å². The van der Waals surface area contributed by atoms with Gasteiger partial charge in [-0.25, -0.2) is 13.1 Å². The first kappa shape index (κ1) is 19.0. The number of aryl methyl sites for hydroxylation is 1. The summed E-state index contributed by atoms with van der Waals surface area (Å²) in [6.45, 7) is 4.37. The zero-order valence-corrected chi connectivity index (χ0v) is 16.5. The predicted octanol–water partition coefficient (Wildman–Crippen LogP) is 4.26. The van der Waals surface area contributed by atoms with Crippen molar-refractivity contribution >= 4 is 32.5 Å². The number of H-pyrrole nitrogens is 1. The highest BCUT2D eigenvalue weighted by molar-refractivity contribution is 7.89. The molecule has 2 N–H and O–H groups in total. The summed E-state index contributed by atoms with van der Waals surface area (Å²) in [4.78, 5) is 3.23. The molecule has 0 spiro atoms. The van der Waals surface area contributed by atoms with Crippen molar-refractivity contribution in [3.63, 3.8) is 0 Å². The smallest absolute Gasteiger partial charge is 0.211 e. The Bertz CT molecular complexity index is 995. The van der Waals surface area contributed by atoms with Crippen molar-refractivity contribution in [3.8, 4) is 0 Å². The molecule has 0 saturated carbocycles. The van der Waals surface area contributed by atoms with E-state index in [0.717, 1.165) is 22.0 Å². The minimum Gasteiger partial charge on any atom is -0.361 e. The topological polar surface area (TPSA) is 62.0 Å².